The Morgan fingerprint density at radius 1 is 1.29 bits per heavy atom. The van der Waals surface area contributed by atoms with Gasteiger partial charge in [-0.15, -0.1) is 0 Å². The van der Waals surface area contributed by atoms with Gasteiger partial charge in [0.2, 0.25) is 0 Å². The normalized spacial score (nSPS) is 14.7. The standard InChI is InChI=1S/C12H15Br2NO2/c1-7(2)12(8(3)13)10-6-9(14)4-5-11(10)15(16)17/h4-8,12H,1-3H3. The van der Waals surface area contributed by atoms with Crippen LogP contribution in [0.3, 0.4) is 0 Å². The summed E-state index contributed by atoms with van der Waals surface area (Å²) in [5, 5.41) is 11.1. The van der Waals surface area contributed by atoms with E-state index in [1.807, 2.05) is 13.0 Å². The number of nitrogens with zero attached hydrogens (tertiary/aromatic N) is 1. The molecular formula is C12H15Br2NO2. The monoisotopic (exact) mass is 363 g/mol. The van der Waals surface area contributed by atoms with Crippen molar-refractivity contribution in [3.63, 3.8) is 0 Å². The Hall–Kier alpha value is -0.420. The molecule has 0 aromatic heterocycles. The van der Waals surface area contributed by atoms with Gasteiger partial charge in [0, 0.05) is 26.8 Å². The molecule has 0 saturated carbocycles. The number of benzene rings is 1. The van der Waals surface area contributed by atoms with E-state index in [0.717, 1.165) is 10.0 Å². The summed E-state index contributed by atoms with van der Waals surface area (Å²) >= 11 is 6.92. The molecule has 3 nitrogen and oxygen atoms in total. The molecule has 17 heavy (non-hydrogen) atoms. The Morgan fingerprint density at radius 2 is 1.88 bits per heavy atom. The number of nitro benzene ring substituents is 1. The molecule has 0 radical (unpaired) electrons. The third-order valence-corrected chi connectivity index (χ3v) is 3.82. The maximum absolute atomic E-state index is 11.1. The predicted octanol–water partition coefficient (Wildman–Crippen LogP) is 4.88. The maximum atomic E-state index is 11.1. The summed E-state index contributed by atoms with van der Waals surface area (Å²) < 4.78 is 0.872. The molecule has 1 aromatic rings. The van der Waals surface area contributed by atoms with E-state index in [1.54, 1.807) is 12.1 Å². The van der Waals surface area contributed by atoms with Crippen LogP contribution in [0.5, 0.6) is 0 Å². The molecule has 2 atom stereocenters. The molecule has 0 aliphatic carbocycles. The first kappa shape index (κ1) is 14.6. The van der Waals surface area contributed by atoms with Crippen LogP contribution in [0.4, 0.5) is 5.69 Å². The minimum atomic E-state index is -0.313. The van der Waals surface area contributed by atoms with Crippen molar-refractivity contribution >= 4 is 37.5 Å². The van der Waals surface area contributed by atoms with Crippen LogP contribution in [-0.4, -0.2) is 9.75 Å². The van der Waals surface area contributed by atoms with Crippen molar-refractivity contribution in [2.75, 3.05) is 0 Å². The molecule has 0 fully saturated rings. The highest BCUT2D eigenvalue weighted by atomic mass is 79.9. The van der Waals surface area contributed by atoms with Gasteiger partial charge in [-0.1, -0.05) is 52.6 Å². The minimum absolute atomic E-state index is 0.118. The Kier molecular flexibility index (Phi) is 5.13. The van der Waals surface area contributed by atoms with Crippen LogP contribution in [0, 0.1) is 16.0 Å². The summed E-state index contributed by atoms with van der Waals surface area (Å²) in [6.07, 6.45) is 0. The van der Waals surface area contributed by atoms with Crippen molar-refractivity contribution in [2.45, 2.75) is 31.5 Å². The number of hydrogen-bond donors (Lipinski definition) is 0. The molecule has 1 aromatic carbocycles. The summed E-state index contributed by atoms with van der Waals surface area (Å²) in [4.78, 5) is 10.9. The van der Waals surface area contributed by atoms with Crippen molar-refractivity contribution < 1.29 is 4.92 Å². The summed E-state index contributed by atoms with van der Waals surface area (Å²) in [6.45, 7) is 6.18. The molecule has 0 N–H and O–H groups in total. The van der Waals surface area contributed by atoms with Crippen LogP contribution in [-0.2, 0) is 0 Å². The SMILES string of the molecule is CC(C)C(c1cc(Br)ccc1[N+](=O)[O-])C(C)Br. The van der Waals surface area contributed by atoms with Gasteiger partial charge in [-0.25, -0.2) is 0 Å². The van der Waals surface area contributed by atoms with E-state index in [0.29, 0.717) is 5.92 Å². The van der Waals surface area contributed by atoms with Gasteiger partial charge < -0.3 is 0 Å². The third kappa shape index (κ3) is 3.52. The Labute approximate surface area is 118 Å². The zero-order chi connectivity index (χ0) is 13.2. The molecule has 2 unspecified atom stereocenters. The smallest absolute Gasteiger partial charge is 0.258 e. The lowest BCUT2D eigenvalue weighted by Crippen LogP contribution is -2.17. The van der Waals surface area contributed by atoms with Crippen LogP contribution in [0.1, 0.15) is 32.3 Å². The van der Waals surface area contributed by atoms with Crippen molar-refractivity contribution in [3.8, 4) is 0 Å². The predicted molar refractivity (Wildman–Crippen MR) is 76.8 cm³/mol. The molecule has 94 valence electrons. The van der Waals surface area contributed by atoms with Crippen molar-refractivity contribution in [3.05, 3.63) is 38.3 Å². The van der Waals surface area contributed by atoms with Gasteiger partial charge in [0.1, 0.15) is 0 Å². The second kappa shape index (κ2) is 5.96. The van der Waals surface area contributed by atoms with Crippen LogP contribution in [0.2, 0.25) is 0 Å². The van der Waals surface area contributed by atoms with Gasteiger partial charge in [-0.3, -0.25) is 10.1 Å². The van der Waals surface area contributed by atoms with Crippen LogP contribution in [0.15, 0.2) is 22.7 Å². The van der Waals surface area contributed by atoms with Crippen LogP contribution < -0.4 is 0 Å². The highest BCUT2D eigenvalue weighted by molar-refractivity contribution is 9.10. The van der Waals surface area contributed by atoms with E-state index < -0.39 is 0 Å². The Balaban J connectivity index is 3.34. The molecule has 0 saturated heterocycles. The Morgan fingerprint density at radius 3 is 2.29 bits per heavy atom. The van der Waals surface area contributed by atoms with E-state index in [4.69, 9.17) is 0 Å². The first-order chi connectivity index (χ1) is 7.84. The average molecular weight is 365 g/mol. The number of nitro groups is 1. The summed E-state index contributed by atoms with van der Waals surface area (Å²) in [5.41, 5.74) is 0.974. The molecule has 0 amide bonds. The maximum Gasteiger partial charge on any atom is 0.272 e. The lowest BCUT2D eigenvalue weighted by molar-refractivity contribution is -0.385. The molecule has 0 aliphatic heterocycles. The number of hydrogen-bond acceptors (Lipinski definition) is 2. The largest absolute Gasteiger partial charge is 0.272 e. The molecule has 5 heteroatoms. The average Bonchev–Trinajstić information content (AvgIpc) is 2.15. The fourth-order valence-electron chi connectivity index (χ4n) is 2.10. The van der Waals surface area contributed by atoms with Gasteiger partial charge in [-0.2, -0.15) is 0 Å². The Bertz CT molecular complexity index is 411. The number of alkyl halides is 1. The molecule has 0 spiro atoms. The molecule has 0 aliphatic rings. The van der Waals surface area contributed by atoms with E-state index in [9.17, 15) is 10.1 Å². The lowest BCUT2D eigenvalue weighted by atomic mass is 9.85. The van der Waals surface area contributed by atoms with Crippen LogP contribution >= 0.6 is 31.9 Å². The van der Waals surface area contributed by atoms with Gasteiger partial charge >= 0.3 is 0 Å². The van der Waals surface area contributed by atoms with E-state index in [-0.39, 0.29) is 21.4 Å². The zero-order valence-electron chi connectivity index (χ0n) is 9.98. The fraction of sp³-hybridized carbons (Fsp3) is 0.500. The summed E-state index contributed by atoms with van der Waals surface area (Å²) in [7, 11) is 0. The van der Waals surface area contributed by atoms with Gasteiger partial charge in [0.05, 0.1) is 4.92 Å². The minimum Gasteiger partial charge on any atom is -0.258 e. The van der Waals surface area contributed by atoms with E-state index in [1.165, 1.54) is 0 Å². The van der Waals surface area contributed by atoms with Crippen molar-refractivity contribution in [1.29, 1.82) is 0 Å². The summed E-state index contributed by atoms with van der Waals surface area (Å²) in [5.74, 6) is 0.449. The first-order valence-electron chi connectivity index (χ1n) is 5.42. The van der Waals surface area contributed by atoms with E-state index in [2.05, 4.69) is 45.7 Å². The van der Waals surface area contributed by atoms with E-state index >= 15 is 0 Å². The highest BCUT2D eigenvalue weighted by Gasteiger charge is 2.28. The lowest BCUT2D eigenvalue weighted by Gasteiger charge is -2.24. The summed E-state index contributed by atoms with van der Waals surface area (Å²) in [6, 6.07) is 5.11. The van der Waals surface area contributed by atoms with Gasteiger partial charge in [-0.05, 0) is 18.1 Å². The first-order valence-corrected chi connectivity index (χ1v) is 7.13. The topological polar surface area (TPSA) is 43.1 Å². The highest BCUT2D eigenvalue weighted by Crippen LogP contribution is 2.38. The molecule has 0 bridgehead atoms. The molecular weight excluding hydrogens is 350 g/mol. The number of rotatable bonds is 4. The van der Waals surface area contributed by atoms with Gasteiger partial charge in [0.15, 0.2) is 0 Å². The number of halogens is 2. The molecule has 0 heterocycles. The van der Waals surface area contributed by atoms with Crippen molar-refractivity contribution in [2.24, 2.45) is 5.92 Å². The quantitative estimate of drug-likeness (QED) is 0.434. The molecule has 1 rings (SSSR count). The van der Waals surface area contributed by atoms with Gasteiger partial charge in [0.25, 0.3) is 5.69 Å². The third-order valence-electron chi connectivity index (χ3n) is 2.76. The second-order valence-electron chi connectivity index (χ2n) is 4.41. The van der Waals surface area contributed by atoms with Crippen LogP contribution in [0.25, 0.3) is 0 Å². The second-order valence-corrected chi connectivity index (χ2v) is 6.77. The fourth-order valence-corrected chi connectivity index (χ4v) is 3.37. The van der Waals surface area contributed by atoms with Crippen molar-refractivity contribution in [1.82, 2.24) is 0 Å². The zero-order valence-corrected chi connectivity index (χ0v) is 13.2.